The van der Waals surface area contributed by atoms with Crippen molar-refractivity contribution >= 4 is 12.1 Å². The quantitative estimate of drug-likeness (QED) is 0.609. The van der Waals surface area contributed by atoms with Crippen LogP contribution < -0.4 is 19.6 Å². The first-order valence-electron chi connectivity index (χ1n) is 8.38. The molecule has 3 rings (SSSR count). The average molecular weight is 358 g/mol. The van der Waals surface area contributed by atoms with Crippen molar-refractivity contribution in [3.05, 3.63) is 34.6 Å². The van der Waals surface area contributed by atoms with E-state index < -0.39 is 0 Å². The lowest BCUT2D eigenvalue weighted by Gasteiger charge is -2.13. The van der Waals surface area contributed by atoms with Crippen molar-refractivity contribution in [2.45, 2.75) is 25.7 Å². The maximum absolute atomic E-state index is 12.4. The molecule has 0 fully saturated rings. The van der Waals surface area contributed by atoms with E-state index in [1.165, 1.54) is 20.4 Å². The Morgan fingerprint density at radius 2 is 1.92 bits per heavy atom. The SMILES string of the molecule is COc1ccc(/C=N\NC(=O)c2n[nH]c3c2CCCC3)c(OC)c1OC. The number of carbonyl (C=O) groups excluding carboxylic acids is 1. The van der Waals surface area contributed by atoms with E-state index in [-0.39, 0.29) is 5.91 Å². The number of fused-ring (bicyclic) bond motifs is 1. The third-order valence-corrected chi connectivity index (χ3v) is 4.38. The molecule has 0 unspecified atom stereocenters. The van der Waals surface area contributed by atoms with Crippen LogP contribution in [0.15, 0.2) is 17.2 Å². The molecule has 26 heavy (non-hydrogen) atoms. The summed E-state index contributed by atoms with van der Waals surface area (Å²) in [7, 11) is 4.61. The van der Waals surface area contributed by atoms with Gasteiger partial charge in [0.2, 0.25) is 5.75 Å². The summed E-state index contributed by atoms with van der Waals surface area (Å²) in [5.41, 5.74) is 5.62. The molecular weight excluding hydrogens is 336 g/mol. The molecule has 0 radical (unpaired) electrons. The van der Waals surface area contributed by atoms with Crippen LogP contribution in [0.25, 0.3) is 0 Å². The fourth-order valence-electron chi connectivity index (χ4n) is 3.11. The normalized spacial score (nSPS) is 13.3. The minimum Gasteiger partial charge on any atom is -0.493 e. The zero-order valence-corrected chi connectivity index (χ0v) is 15.1. The fraction of sp³-hybridized carbons (Fsp3) is 0.389. The summed E-state index contributed by atoms with van der Waals surface area (Å²) in [5.74, 6) is 1.16. The van der Waals surface area contributed by atoms with Crippen molar-refractivity contribution in [3.8, 4) is 17.2 Å². The van der Waals surface area contributed by atoms with Gasteiger partial charge in [0.15, 0.2) is 17.2 Å². The molecule has 1 aliphatic carbocycles. The molecule has 0 atom stereocenters. The van der Waals surface area contributed by atoms with Gasteiger partial charge in [-0.25, -0.2) is 5.43 Å². The van der Waals surface area contributed by atoms with E-state index in [0.29, 0.717) is 28.5 Å². The number of aromatic nitrogens is 2. The van der Waals surface area contributed by atoms with Crippen molar-refractivity contribution in [3.63, 3.8) is 0 Å². The average Bonchev–Trinajstić information content (AvgIpc) is 3.11. The number of rotatable bonds is 6. The van der Waals surface area contributed by atoms with Gasteiger partial charge in [0.05, 0.1) is 27.5 Å². The molecule has 0 aliphatic heterocycles. The zero-order valence-electron chi connectivity index (χ0n) is 15.1. The van der Waals surface area contributed by atoms with E-state index in [1.54, 1.807) is 19.2 Å². The summed E-state index contributed by atoms with van der Waals surface area (Å²) in [4.78, 5) is 12.4. The van der Waals surface area contributed by atoms with Gasteiger partial charge in [-0.15, -0.1) is 0 Å². The van der Waals surface area contributed by atoms with Crippen LogP contribution in [0.3, 0.4) is 0 Å². The second-order valence-corrected chi connectivity index (χ2v) is 5.86. The highest BCUT2D eigenvalue weighted by atomic mass is 16.5. The van der Waals surface area contributed by atoms with Crippen LogP contribution in [-0.4, -0.2) is 43.6 Å². The number of H-pyrrole nitrogens is 1. The second-order valence-electron chi connectivity index (χ2n) is 5.86. The lowest BCUT2D eigenvalue weighted by atomic mass is 9.96. The largest absolute Gasteiger partial charge is 0.493 e. The minimum absolute atomic E-state index is 0.333. The molecule has 138 valence electrons. The van der Waals surface area contributed by atoms with Crippen molar-refractivity contribution < 1.29 is 19.0 Å². The third kappa shape index (κ3) is 3.35. The number of benzene rings is 1. The molecule has 1 aliphatic rings. The van der Waals surface area contributed by atoms with E-state index in [2.05, 4.69) is 20.7 Å². The first-order valence-corrected chi connectivity index (χ1v) is 8.38. The second kappa shape index (κ2) is 7.90. The monoisotopic (exact) mass is 358 g/mol. The molecule has 1 heterocycles. The van der Waals surface area contributed by atoms with Crippen LogP contribution in [0, 0.1) is 0 Å². The molecule has 0 bridgehead atoms. The van der Waals surface area contributed by atoms with E-state index >= 15 is 0 Å². The number of nitrogens with one attached hydrogen (secondary N) is 2. The lowest BCUT2D eigenvalue weighted by Crippen LogP contribution is -2.20. The minimum atomic E-state index is -0.333. The maximum Gasteiger partial charge on any atom is 0.292 e. The zero-order chi connectivity index (χ0) is 18.5. The first-order chi connectivity index (χ1) is 12.7. The van der Waals surface area contributed by atoms with Crippen LogP contribution in [0.4, 0.5) is 0 Å². The number of hydrogen-bond donors (Lipinski definition) is 2. The summed E-state index contributed by atoms with van der Waals surface area (Å²) in [6, 6.07) is 3.51. The first kappa shape index (κ1) is 17.8. The van der Waals surface area contributed by atoms with Gasteiger partial charge in [-0.1, -0.05) is 0 Å². The highest BCUT2D eigenvalue weighted by molar-refractivity contribution is 5.95. The van der Waals surface area contributed by atoms with Gasteiger partial charge in [-0.05, 0) is 37.8 Å². The van der Waals surface area contributed by atoms with E-state index in [9.17, 15) is 4.79 Å². The Bertz CT molecular complexity index is 829. The Labute approximate surface area is 151 Å². The number of aromatic amines is 1. The molecular formula is C18H22N4O4. The molecule has 1 aromatic heterocycles. The van der Waals surface area contributed by atoms with E-state index in [0.717, 1.165) is 36.9 Å². The highest BCUT2D eigenvalue weighted by Gasteiger charge is 2.21. The summed E-state index contributed by atoms with van der Waals surface area (Å²) in [5, 5.41) is 11.1. The van der Waals surface area contributed by atoms with Crippen LogP contribution >= 0.6 is 0 Å². The van der Waals surface area contributed by atoms with Gasteiger partial charge in [0.1, 0.15) is 0 Å². The number of aryl methyl sites for hydroxylation is 1. The Morgan fingerprint density at radius 3 is 2.65 bits per heavy atom. The van der Waals surface area contributed by atoms with Gasteiger partial charge >= 0.3 is 0 Å². The van der Waals surface area contributed by atoms with E-state index in [1.807, 2.05) is 0 Å². The molecule has 2 N–H and O–H groups in total. The van der Waals surface area contributed by atoms with Crippen molar-refractivity contribution in [1.82, 2.24) is 15.6 Å². The summed E-state index contributed by atoms with van der Waals surface area (Å²) >= 11 is 0. The third-order valence-electron chi connectivity index (χ3n) is 4.38. The number of ether oxygens (including phenoxy) is 3. The van der Waals surface area contributed by atoms with Crippen molar-refractivity contribution in [1.29, 1.82) is 0 Å². The van der Waals surface area contributed by atoms with E-state index in [4.69, 9.17) is 14.2 Å². The summed E-state index contributed by atoms with van der Waals surface area (Å²) in [6.07, 6.45) is 5.48. The fourth-order valence-corrected chi connectivity index (χ4v) is 3.11. The number of hydrogen-bond acceptors (Lipinski definition) is 6. The number of methoxy groups -OCH3 is 3. The molecule has 8 nitrogen and oxygen atoms in total. The summed E-state index contributed by atoms with van der Waals surface area (Å²) < 4.78 is 16.0. The predicted octanol–water partition coefficient (Wildman–Crippen LogP) is 2.08. The smallest absolute Gasteiger partial charge is 0.292 e. The Hall–Kier alpha value is -3.03. The van der Waals surface area contributed by atoms with Crippen LogP contribution in [-0.2, 0) is 12.8 Å². The van der Waals surface area contributed by atoms with Gasteiger partial charge < -0.3 is 14.2 Å². The Kier molecular flexibility index (Phi) is 5.40. The molecule has 0 saturated carbocycles. The molecule has 0 spiro atoms. The molecule has 1 aromatic carbocycles. The molecule has 2 aromatic rings. The number of nitrogens with zero attached hydrogens (tertiary/aromatic N) is 2. The lowest BCUT2D eigenvalue weighted by molar-refractivity contribution is 0.0949. The topological polar surface area (TPSA) is 97.8 Å². The number of carbonyl (C=O) groups is 1. The Morgan fingerprint density at radius 1 is 1.15 bits per heavy atom. The van der Waals surface area contributed by atoms with Gasteiger partial charge in [0.25, 0.3) is 5.91 Å². The van der Waals surface area contributed by atoms with Gasteiger partial charge in [-0.3, -0.25) is 9.89 Å². The Balaban J connectivity index is 1.76. The molecule has 8 heteroatoms. The van der Waals surface area contributed by atoms with Crippen molar-refractivity contribution in [2.75, 3.05) is 21.3 Å². The molecule has 0 saturated heterocycles. The predicted molar refractivity (Wildman–Crippen MR) is 96.4 cm³/mol. The van der Waals surface area contributed by atoms with Crippen molar-refractivity contribution in [2.24, 2.45) is 5.10 Å². The number of amides is 1. The van der Waals surface area contributed by atoms with Crippen LogP contribution in [0.2, 0.25) is 0 Å². The summed E-state index contributed by atoms with van der Waals surface area (Å²) in [6.45, 7) is 0. The van der Waals surface area contributed by atoms with Gasteiger partial charge in [0, 0.05) is 16.8 Å². The van der Waals surface area contributed by atoms with Crippen LogP contribution in [0.5, 0.6) is 17.2 Å². The molecule has 1 amide bonds. The number of hydrazone groups is 1. The van der Waals surface area contributed by atoms with Gasteiger partial charge in [-0.2, -0.15) is 10.2 Å². The maximum atomic E-state index is 12.4. The highest BCUT2D eigenvalue weighted by Crippen LogP contribution is 2.38. The standard InChI is InChI=1S/C18H22N4O4/c1-24-14-9-8-11(16(25-2)17(14)26-3)10-19-22-18(23)15-12-6-4-5-7-13(12)20-21-15/h8-10H,4-7H2,1-3H3,(H,20,21)(H,22,23)/b19-10-. The van der Waals surface area contributed by atoms with Crippen LogP contribution in [0.1, 0.15) is 40.2 Å².